The number of hydrogen-bond acceptors (Lipinski definition) is 6. The van der Waals surface area contributed by atoms with Crippen LogP contribution in [0.25, 0.3) is 11.1 Å². The predicted molar refractivity (Wildman–Crippen MR) is 111 cm³/mol. The van der Waals surface area contributed by atoms with Gasteiger partial charge in [0.1, 0.15) is 11.6 Å². The highest BCUT2D eigenvalue weighted by Crippen LogP contribution is 2.27. The monoisotopic (exact) mass is 385 g/mol. The molecule has 0 radical (unpaired) electrons. The van der Waals surface area contributed by atoms with Crippen molar-refractivity contribution in [2.75, 3.05) is 37.6 Å². The molecule has 2 aromatic rings. The third-order valence-electron chi connectivity index (χ3n) is 6.01. The van der Waals surface area contributed by atoms with Gasteiger partial charge in [0.05, 0.1) is 0 Å². The van der Waals surface area contributed by atoms with Gasteiger partial charge in [-0.15, -0.1) is 0 Å². The number of oxazole rings is 1. The Bertz CT molecular complexity index is 764. The molecule has 1 unspecified atom stereocenters. The molecular weight excluding hydrogens is 354 g/mol. The quantitative estimate of drug-likeness (QED) is 0.820. The van der Waals surface area contributed by atoms with Gasteiger partial charge in [-0.05, 0) is 45.2 Å². The van der Waals surface area contributed by atoms with Crippen LogP contribution in [0.1, 0.15) is 33.1 Å². The van der Waals surface area contributed by atoms with E-state index in [0.29, 0.717) is 24.6 Å². The third-order valence-corrected chi connectivity index (χ3v) is 6.01. The average molecular weight is 386 g/mol. The number of piperidine rings is 1. The Morgan fingerprint density at radius 1 is 1.25 bits per heavy atom. The molecule has 4 rings (SSSR count). The van der Waals surface area contributed by atoms with Crippen molar-refractivity contribution in [1.29, 1.82) is 0 Å². The number of fused-ring (bicyclic) bond motifs is 1. The van der Waals surface area contributed by atoms with Gasteiger partial charge in [0, 0.05) is 44.8 Å². The van der Waals surface area contributed by atoms with Crippen molar-refractivity contribution in [3.63, 3.8) is 0 Å². The summed E-state index contributed by atoms with van der Waals surface area (Å²) in [6, 6.07) is 9.09. The first-order valence-corrected chi connectivity index (χ1v) is 10.5. The number of nitrogens with one attached hydrogen (secondary N) is 2. The van der Waals surface area contributed by atoms with Crippen LogP contribution in [0, 0.1) is 0 Å². The lowest BCUT2D eigenvalue weighted by Gasteiger charge is -2.39. The number of anilines is 1. The highest BCUT2D eigenvalue weighted by Gasteiger charge is 2.32. The van der Waals surface area contributed by atoms with Crippen LogP contribution >= 0.6 is 0 Å². The summed E-state index contributed by atoms with van der Waals surface area (Å²) in [6.45, 7) is 8.84. The molecule has 3 heterocycles. The van der Waals surface area contributed by atoms with E-state index in [1.54, 1.807) is 0 Å². The van der Waals surface area contributed by atoms with Gasteiger partial charge in [0.25, 0.3) is 6.01 Å². The average Bonchev–Trinajstić information content (AvgIpc) is 3.14. The Morgan fingerprint density at radius 3 is 2.82 bits per heavy atom. The second kappa shape index (κ2) is 8.49. The zero-order valence-electron chi connectivity index (χ0n) is 16.9. The maximum Gasteiger partial charge on any atom is 0.299 e. The van der Waals surface area contributed by atoms with E-state index in [1.807, 2.05) is 29.2 Å². The molecule has 28 heavy (non-hydrogen) atoms. The van der Waals surface area contributed by atoms with Crippen LogP contribution in [-0.2, 0) is 4.79 Å². The van der Waals surface area contributed by atoms with Crippen LogP contribution in [0.2, 0.25) is 0 Å². The summed E-state index contributed by atoms with van der Waals surface area (Å²) in [5.41, 5.74) is 1.60. The first-order valence-electron chi connectivity index (χ1n) is 10.5. The van der Waals surface area contributed by atoms with Crippen molar-refractivity contribution in [2.24, 2.45) is 0 Å². The van der Waals surface area contributed by atoms with Gasteiger partial charge in [0.15, 0.2) is 5.58 Å². The van der Waals surface area contributed by atoms with Gasteiger partial charge in [-0.2, -0.15) is 4.98 Å². The first kappa shape index (κ1) is 19.2. The molecule has 2 N–H and O–H groups in total. The topological polar surface area (TPSA) is 73.6 Å². The largest absolute Gasteiger partial charge is 0.423 e. The summed E-state index contributed by atoms with van der Waals surface area (Å²) in [4.78, 5) is 22.1. The zero-order valence-corrected chi connectivity index (χ0v) is 16.9. The van der Waals surface area contributed by atoms with E-state index in [2.05, 4.69) is 34.4 Å². The van der Waals surface area contributed by atoms with Crippen molar-refractivity contribution in [1.82, 2.24) is 20.5 Å². The summed E-state index contributed by atoms with van der Waals surface area (Å²) in [5.74, 6) is 0.0809. The van der Waals surface area contributed by atoms with Gasteiger partial charge in [-0.25, -0.2) is 0 Å². The molecule has 0 saturated carbocycles. The molecule has 1 aromatic carbocycles. The predicted octanol–water partition coefficient (Wildman–Crippen LogP) is 1.99. The van der Waals surface area contributed by atoms with Crippen LogP contribution < -0.4 is 15.5 Å². The number of para-hydroxylation sites is 2. The zero-order chi connectivity index (χ0) is 19.5. The molecule has 0 aliphatic carbocycles. The molecular formula is C21H31N5O2. The minimum Gasteiger partial charge on any atom is -0.423 e. The van der Waals surface area contributed by atoms with Crippen LogP contribution in [0.3, 0.4) is 0 Å². The maximum atomic E-state index is 12.9. The van der Waals surface area contributed by atoms with Gasteiger partial charge in [0.2, 0.25) is 5.91 Å². The smallest absolute Gasteiger partial charge is 0.299 e. The lowest BCUT2D eigenvalue weighted by molar-refractivity contribution is -0.123. The number of hydrogen-bond donors (Lipinski definition) is 2. The minimum atomic E-state index is -0.209. The second-order valence-corrected chi connectivity index (χ2v) is 8.05. The van der Waals surface area contributed by atoms with Crippen LogP contribution in [-0.4, -0.2) is 66.6 Å². The van der Waals surface area contributed by atoms with Gasteiger partial charge in [-0.3, -0.25) is 9.69 Å². The first-order chi connectivity index (χ1) is 13.6. The van der Waals surface area contributed by atoms with Crippen molar-refractivity contribution in [3.8, 4) is 0 Å². The number of carbonyl (C=O) groups excluding carboxylic acids is 1. The highest BCUT2D eigenvalue weighted by molar-refractivity contribution is 5.85. The molecule has 0 bridgehead atoms. The van der Waals surface area contributed by atoms with Crippen molar-refractivity contribution in [3.05, 3.63) is 24.3 Å². The molecule has 3 atom stereocenters. The molecule has 152 valence electrons. The fourth-order valence-corrected chi connectivity index (χ4v) is 4.45. The Labute approximate surface area is 166 Å². The minimum absolute atomic E-state index is 0.0809. The second-order valence-electron chi connectivity index (χ2n) is 8.05. The molecule has 2 aliphatic rings. The lowest BCUT2D eigenvalue weighted by Crippen LogP contribution is -2.57. The maximum absolute atomic E-state index is 12.9. The number of piperazine rings is 1. The van der Waals surface area contributed by atoms with Crippen LogP contribution in [0.4, 0.5) is 6.01 Å². The van der Waals surface area contributed by atoms with E-state index in [9.17, 15) is 4.79 Å². The van der Waals surface area contributed by atoms with E-state index >= 15 is 0 Å². The number of benzene rings is 1. The standard InChI is InChI=1S/C21H31N5O2/c1-15-13-22-14-16(2)25(15)12-10-23-20(27)18-8-5-6-11-26(18)21-24-17-7-3-4-9-19(17)28-21/h3-4,7,9,15-16,18,22H,5-6,8,10-14H2,1-2H3,(H,23,27)/t15-,16+,18?. The Kier molecular flexibility index (Phi) is 5.82. The van der Waals surface area contributed by atoms with E-state index in [4.69, 9.17) is 4.42 Å². The molecule has 1 amide bonds. The molecule has 2 aliphatic heterocycles. The molecule has 7 nitrogen and oxygen atoms in total. The van der Waals surface area contributed by atoms with Gasteiger partial charge < -0.3 is 20.0 Å². The summed E-state index contributed by atoms with van der Waals surface area (Å²) in [5, 5.41) is 6.61. The number of aromatic nitrogens is 1. The van der Waals surface area contributed by atoms with Crippen molar-refractivity contribution in [2.45, 2.75) is 51.2 Å². The van der Waals surface area contributed by atoms with Crippen molar-refractivity contribution >= 4 is 23.0 Å². The van der Waals surface area contributed by atoms with Gasteiger partial charge in [-0.1, -0.05) is 12.1 Å². The normalized spacial score (nSPS) is 26.5. The third kappa shape index (κ3) is 4.00. The molecule has 0 spiro atoms. The fourth-order valence-electron chi connectivity index (χ4n) is 4.45. The number of nitrogens with zero attached hydrogens (tertiary/aromatic N) is 3. The lowest BCUT2D eigenvalue weighted by atomic mass is 10.0. The summed E-state index contributed by atoms with van der Waals surface area (Å²) < 4.78 is 5.94. The number of amides is 1. The number of rotatable bonds is 5. The molecule has 7 heteroatoms. The Morgan fingerprint density at radius 2 is 2.04 bits per heavy atom. The number of carbonyl (C=O) groups is 1. The highest BCUT2D eigenvalue weighted by atomic mass is 16.4. The van der Waals surface area contributed by atoms with E-state index in [-0.39, 0.29) is 11.9 Å². The SMILES string of the molecule is C[C@@H]1CNC[C@H](C)N1CCNC(=O)C1CCCCN1c1nc2ccccc2o1. The van der Waals surface area contributed by atoms with Gasteiger partial charge >= 0.3 is 0 Å². The molecule has 2 fully saturated rings. The molecule has 2 saturated heterocycles. The summed E-state index contributed by atoms with van der Waals surface area (Å²) in [6.07, 6.45) is 2.95. The fraction of sp³-hybridized carbons (Fsp3) is 0.619. The van der Waals surface area contributed by atoms with Crippen LogP contribution in [0.15, 0.2) is 28.7 Å². The Hall–Kier alpha value is -2.12. The summed E-state index contributed by atoms with van der Waals surface area (Å²) >= 11 is 0. The molecule has 1 aromatic heterocycles. The van der Waals surface area contributed by atoms with E-state index in [0.717, 1.165) is 56.5 Å². The van der Waals surface area contributed by atoms with Crippen LogP contribution in [0.5, 0.6) is 0 Å². The Balaban J connectivity index is 1.39. The van der Waals surface area contributed by atoms with E-state index < -0.39 is 0 Å². The van der Waals surface area contributed by atoms with Crippen molar-refractivity contribution < 1.29 is 9.21 Å². The van der Waals surface area contributed by atoms with E-state index in [1.165, 1.54) is 0 Å². The summed E-state index contributed by atoms with van der Waals surface area (Å²) in [7, 11) is 0.